The minimum absolute atomic E-state index is 0.0692. The number of halogens is 2. The first-order valence-electron chi connectivity index (χ1n) is 11.6. The number of para-hydroxylation sites is 1. The summed E-state index contributed by atoms with van der Waals surface area (Å²) >= 11 is 0. The lowest BCUT2D eigenvalue weighted by atomic mass is 9.78. The lowest BCUT2D eigenvalue weighted by Crippen LogP contribution is -2.40. The van der Waals surface area contributed by atoms with Gasteiger partial charge >= 0.3 is 0 Å². The second kappa shape index (κ2) is 10.4. The van der Waals surface area contributed by atoms with Gasteiger partial charge in [0.2, 0.25) is 15.9 Å². The third-order valence-electron chi connectivity index (χ3n) is 6.57. The molecule has 190 valence electrons. The molecule has 4 rings (SSSR count). The van der Waals surface area contributed by atoms with Crippen molar-refractivity contribution < 1.29 is 26.7 Å². The number of carbonyl (C=O) groups excluding carboxylic acids is 1. The van der Waals surface area contributed by atoms with Crippen molar-refractivity contribution in [1.29, 1.82) is 0 Å². The Morgan fingerprint density at radius 2 is 1.78 bits per heavy atom. The lowest BCUT2D eigenvalue weighted by Gasteiger charge is -2.26. The number of rotatable bonds is 9. The second-order valence-corrected chi connectivity index (χ2v) is 11.1. The molecule has 1 amide bonds. The number of hydrogen-bond acceptors (Lipinski definition) is 4. The zero-order chi connectivity index (χ0) is 25.9. The van der Waals surface area contributed by atoms with E-state index in [2.05, 4.69) is 4.72 Å². The maximum Gasteiger partial charge on any atom is 0.224 e. The second-order valence-electron chi connectivity index (χ2n) is 9.36. The highest BCUT2D eigenvalue weighted by Crippen LogP contribution is 2.42. The molecule has 0 aromatic heterocycles. The minimum atomic E-state index is -3.44. The van der Waals surface area contributed by atoms with Crippen LogP contribution in [-0.4, -0.2) is 26.6 Å². The topological polar surface area (TPSA) is 98.5 Å². The van der Waals surface area contributed by atoms with Crippen LogP contribution in [0.3, 0.4) is 0 Å². The number of nitrogens with one attached hydrogen (secondary N) is 1. The number of benzene rings is 3. The molecule has 3 aromatic rings. The Bertz CT molecular complexity index is 1370. The maximum absolute atomic E-state index is 15.0. The summed E-state index contributed by atoms with van der Waals surface area (Å²) in [5.74, 6) is -1.79. The molecule has 1 aliphatic rings. The molecule has 0 heterocycles. The summed E-state index contributed by atoms with van der Waals surface area (Å²) in [4.78, 5) is 12.5. The maximum atomic E-state index is 15.0. The SMILES string of the molecule is CS(=O)(=O)N[C@H]1CC[C@](Cc2ccc(F)c(-c3cccc(F)c3OCc3ccccc3)c2)(C(N)=O)C1. The van der Waals surface area contributed by atoms with Crippen LogP contribution in [-0.2, 0) is 27.8 Å². The molecule has 2 atom stereocenters. The Morgan fingerprint density at radius 3 is 2.47 bits per heavy atom. The first kappa shape index (κ1) is 25.8. The normalized spacial score (nSPS) is 19.8. The molecule has 6 nitrogen and oxygen atoms in total. The van der Waals surface area contributed by atoms with Crippen LogP contribution in [0.25, 0.3) is 11.1 Å². The van der Waals surface area contributed by atoms with Gasteiger partial charge in [-0.1, -0.05) is 48.5 Å². The van der Waals surface area contributed by atoms with Gasteiger partial charge in [-0.25, -0.2) is 21.9 Å². The van der Waals surface area contributed by atoms with Gasteiger partial charge in [-0.05, 0) is 55.0 Å². The fourth-order valence-corrected chi connectivity index (χ4v) is 5.68. The molecule has 0 bridgehead atoms. The molecule has 0 saturated heterocycles. The van der Waals surface area contributed by atoms with Crippen LogP contribution in [0, 0.1) is 17.0 Å². The Morgan fingerprint density at radius 1 is 1.03 bits per heavy atom. The van der Waals surface area contributed by atoms with Gasteiger partial charge in [-0.2, -0.15) is 0 Å². The lowest BCUT2D eigenvalue weighted by molar-refractivity contribution is -0.127. The van der Waals surface area contributed by atoms with Gasteiger partial charge in [-0.3, -0.25) is 4.79 Å². The molecule has 1 saturated carbocycles. The van der Waals surface area contributed by atoms with E-state index in [4.69, 9.17) is 10.5 Å². The van der Waals surface area contributed by atoms with E-state index in [0.29, 0.717) is 18.4 Å². The molecule has 3 aromatic carbocycles. The van der Waals surface area contributed by atoms with E-state index >= 15 is 0 Å². The van der Waals surface area contributed by atoms with Crippen LogP contribution in [0.15, 0.2) is 66.7 Å². The van der Waals surface area contributed by atoms with Crippen LogP contribution in [0.2, 0.25) is 0 Å². The van der Waals surface area contributed by atoms with Crippen molar-refractivity contribution >= 4 is 15.9 Å². The fraction of sp³-hybridized carbons (Fsp3) is 0.296. The standard InChI is InChI=1S/C27H28F2N2O4S/c1-36(33,34)31-20-12-13-27(16-20,26(30)32)15-19-10-11-23(28)22(14-19)21-8-5-9-24(29)25(21)35-17-18-6-3-2-4-7-18/h2-11,14,20,31H,12-13,15-17H2,1H3,(H2,30,32)/t20-,27+/m0/s1. The van der Waals surface area contributed by atoms with E-state index in [1.807, 2.05) is 30.3 Å². The van der Waals surface area contributed by atoms with Crippen molar-refractivity contribution in [1.82, 2.24) is 4.72 Å². The van der Waals surface area contributed by atoms with Crippen molar-refractivity contribution in [3.8, 4) is 16.9 Å². The van der Waals surface area contributed by atoms with E-state index in [1.54, 1.807) is 18.2 Å². The number of nitrogens with two attached hydrogens (primary N) is 1. The number of hydrogen-bond donors (Lipinski definition) is 2. The molecule has 36 heavy (non-hydrogen) atoms. The summed E-state index contributed by atoms with van der Waals surface area (Å²) in [6.45, 7) is 0.107. The van der Waals surface area contributed by atoms with Crippen LogP contribution in [0.1, 0.15) is 30.4 Å². The molecular weight excluding hydrogens is 486 g/mol. The van der Waals surface area contributed by atoms with Crippen molar-refractivity contribution in [3.63, 3.8) is 0 Å². The Labute approximate surface area is 209 Å². The molecule has 3 N–H and O–H groups in total. The van der Waals surface area contributed by atoms with Crippen LogP contribution in [0.5, 0.6) is 5.75 Å². The Kier molecular flexibility index (Phi) is 7.42. The van der Waals surface area contributed by atoms with Gasteiger partial charge in [0.25, 0.3) is 0 Å². The molecule has 0 spiro atoms. The van der Waals surface area contributed by atoms with Crippen molar-refractivity contribution in [2.45, 2.75) is 38.3 Å². The zero-order valence-corrected chi connectivity index (χ0v) is 20.7. The quantitative estimate of drug-likeness (QED) is 0.444. The predicted octanol–water partition coefficient (Wildman–Crippen LogP) is 4.33. The third-order valence-corrected chi connectivity index (χ3v) is 7.33. The molecule has 1 aliphatic carbocycles. The van der Waals surface area contributed by atoms with Gasteiger partial charge < -0.3 is 10.5 Å². The summed E-state index contributed by atoms with van der Waals surface area (Å²) in [7, 11) is -3.44. The first-order chi connectivity index (χ1) is 17.1. The van der Waals surface area contributed by atoms with E-state index in [-0.39, 0.29) is 36.3 Å². The molecule has 0 unspecified atom stereocenters. The van der Waals surface area contributed by atoms with Crippen molar-refractivity contribution in [3.05, 3.63) is 89.5 Å². The first-order valence-corrected chi connectivity index (χ1v) is 13.5. The zero-order valence-electron chi connectivity index (χ0n) is 19.8. The number of carbonyl (C=O) groups is 1. The molecule has 9 heteroatoms. The van der Waals surface area contributed by atoms with Gasteiger partial charge in [0, 0.05) is 17.2 Å². The average molecular weight is 515 g/mol. The number of primary amides is 1. The average Bonchev–Trinajstić information content (AvgIpc) is 3.22. The Hall–Kier alpha value is -3.30. The highest BCUT2D eigenvalue weighted by atomic mass is 32.2. The van der Waals surface area contributed by atoms with Gasteiger partial charge in [0.15, 0.2) is 11.6 Å². The number of ether oxygens (including phenoxy) is 1. The third kappa shape index (κ3) is 5.91. The summed E-state index contributed by atoms with van der Waals surface area (Å²) in [6.07, 6.45) is 2.37. The van der Waals surface area contributed by atoms with E-state index in [9.17, 15) is 22.0 Å². The number of sulfonamides is 1. The summed E-state index contributed by atoms with van der Waals surface area (Å²) in [5, 5.41) is 0. The smallest absolute Gasteiger partial charge is 0.224 e. The highest BCUT2D eigenvalue weighted by Gasteiger charge is 2.44. The van der Waals surface area contributed by atoms with E-state index in [1.165, 1.54) is 18.2 Å². The van der Waals surface area contributed by atoms with Crippen LogP contribution >= 0.6 is 0 Å². The van der Waals surface area contributed by atoms with Crippen LogP contribution in [0.4, 0.5) is 8.78 Å². The van der Waals surface area contributed by atoms with Crippen LogP contribution < -0.4 is 15.2 Å². The minimum Gasteiger partial charge on any atom is -0.485 e. The van der Waals surface area contributed by atoms with Crippen molar-refractivity contribution in [2.75, 3.05) is 6.26 Å². The largest absolute Gasteiger partial charge is 0.485 e. The van der Waals surface area contributed by atoms with Gasteiger partial charge in [0.05, 0.1) is 11.7 Å². The van der Waals surface area contributed by atoms with E-state index in [0.717, 1.165) is 11.8 Å². The summed E-state index contributed by atoms with van der Waals surface area (Å²) in [6, 6.07) is 17.5. The number of amides is 1. The molecular formula is C27H28F2N2O4S. The predicted molar refractivity (Wildman–Crippen MR) is 134 cm³/mol. The molecule has 0 radical (unpaired) electrons. The monoisotopic (exact) mass is 514 g/mol. The Balaban J connectivity index is 1.63. The van der Waals surface area contributed by atoms with E-state index < -0.39 is 39.0 Å². The molecule has 1 fully saturated rings. The highest BCUT2D eigenvalue weighted by molar-refractivity contribution is 7.88. The molecule has 0 aliphatic heterocycles. The van der Waals surface area contributed by atoms with Gasteiger partial charge in [-0.15, -0.1) is 0 Å². The van der Waals surface area contributed by atoms with Gasteiger partial charge in [0.1, 0.15) is 12.4 Å². The fourth-order valence-electron chi connectivity index (χ4n) is 4.88. The summed E-state index contributed by atoms with van der Waals surface area (Å²) in [5.41, 5.74) is 6.64. The van der Waals surface area contributed by atoms with Crippen molar-refractivity contribution in [2.24, 2.45) is 11.1 Å². The summed E-state index contributed by atoms with van der Waals surface area (Å²) < 4.78 is 61.4.